The molecule has 0 spiro atoms. The van der Waals surface area contributed by atoms with E-state index < -0.39 is 0 Å². The second-order valence-electron chi connectivity index (χ2n) is 6.88. The first kappa shape index (κ1) is 19.2. The first-order valence-corrected chi connectivity index (χ1v) is 9.88. The van der Waals surface area contributed by atoms with E-state index in [9.17, 15) is 4.79 Å². The molecule has 29 heavy (non-hydrogen) atoms. The summed E-state index contributed by atoms with van der Waals surface area (Å²) in [5.74, 6) is 1.69. The van der Waals surface area contributed by atoms with Gasteiger partial charge in [0.2, 0.25) is 12.7 Å². The van der Waals surface area contributed by atoms with Gasteiger partial charge in [0.25, 0.3) is 0 Å². The third-order valence-corrected chi connectivity index (χ3v) is 5.12. The van der Waals surface area contributed by atoms with Gasteiger partial charge < -0.3 is 19.7 Å². The zero-order valence-electron chi connectivity index (χ0n) is 16.1. The molecule has 2 aliphatic heterocycles. The van der Waals surface area contributed by atoms with Crippen LogP contribution in [0.25, 0.3) is 0 Å². The molecule has 0 aromatic heterocycles. The van der Waals surface area contributed by atoms with Crippen LogP contribution in [0.1, 0.15) is 30.9 Å². The van der Waals surface area contributed by atoms with Crippen LogP contribution in [0.3, 0.4) is 0 Å². The maximum atomic E-state index is 11.8. The number of hydrogen-bond donors (Lipinski definition) is 2. The average molecular weight is 410 g/mol. The number of nitrogens with zero attached hydrogens (tertiary/aromatic N) is 2. The smallest absolute Gasteiger partial charge is 0.231 e. The molecule has 0 atom stereocenters. The second-order valence-corrected chi connectivity index (χ2v) is 7.28. The molecule has 0 radical (unpaired) electrons. The van der Waals surface area contributed by atoms with Gasteiger partial charge in [0, 0.05) is 25.2 Å². The maximum Gasteiger partial charge on any atom is 0.231 e. The van der Waals surface area contributed by atoms with Crippen LogP contribution in [0.2, 0.25) is 0 Å². The number of anilines is 1. The van der Waals surface area contributed by atoms with Crippen molar-refractivity contribution in [1.29, 1.82) is 0 Å². The van der Waals surface area contributed by atoms with E-state index in [4.69, 9.17) is 21.7 Å². The lowest BCUT2D eigenvalue weighted by Gasteiger charge is -2.16. The van der Waals surface area contributed by atoms with E-state index in [1.165, 1.54) is 0 Å². The summed E-state index contributed by atoms with van der Waals surface area (Å²) in [7, 11) is 0. The van der Waals surface area contributed by atoms with Gasteiger partial charge in [0.1, 0.15) is 0 Å². The zero-order chi connectivity index (χ0) is 20.2. The Bertz CT molecular complexity index is 959. The van der Waals surface area contributed by atoms with E-state index in [1.54, 1.807) is 0 Å². The summed E-state index contributed by atoms with van der Waals surface area (Å²) < 4.78 is 10.7. The number of ether oxygens (including phenoxy) is 2. The van der Waals surface area contributed by atoms with Crippen LogP contribution in [0.5, 0.6) is 11.5 Å². The Balaban J connectivity index is 1.30. The number of amides is 1. The average Bonchev–Trinajstić information content (AvgIpc) is 3.38. The quantitative estimate of drug-likeness (QED) is 0.449. The normalized spacial score (nSPS) is 15.6. The van der Waals surface area contributed by atoms with Crippen LogP contribution in [-0.2, 0) is 11.3 Å². The Morgan fingerprint density at radius 1 is 1.17 bits per heavy atom. The maximum absolute atomic E-state index is 11.8. The molecule has 2 aromatic carbocycles. The Morgan fingerprint density at radius 3 is 2.72 bits per heavy atom. The highest BCUT2D eigenvalue weighted by Crippen LogP contribution is 2.32. The molecule has 2 N–H and O–H groups in total. The second kappa shape index (κ2) is 8.48. The summed E-state index contributed by atoms with van der Waals surface area (Å²) in [5, 5.41) is 7.90. The fraction of sp³-hybridized carbons (Fsp3) is 0.286. The number of thiocarbonyl (C=S) groups is 1. The predicted molar refractivity (Wildman–Crippen MR) is 115 cm³/mol. The number of carbonyl (C=O) groups is 1. The van der Waals surface area contributed by atoms with E-state index in [0.717, 1.165) is 47.0 Å². The monoisotopic (exact) mass is 410 g/mol. The van der Waals surface area contributed by atoms with Gasteiger partial charge >= 0.3 is 0 Å². The van der Waals surface area contributed by atoms with Gasteiger partial charge in [-0.2, -0.15) is 5.10 Å². The number of nitrogens with one attached hydrogen (secondary N) is 2. The van der Waals surface area contributed by atoms with Gasteiger partial charge in [0.15, 0.2) is 16.6 Å². The number of fused-ring (bicyclic) bond motifs is 1. The Morgan fingerprint density at radius 2 is 1.97 bits per heavy atom. The highest BCUT2D eigenvalue weighted by Gasteiger charge is 2.21. The molecule has 4 rings (SSSR count). The van der Waals surface area contributed by atoms with Crippen molar-refractivity contribution < 1.29 is 14.3 Å². The lowest BCUT2D eigenvalue weighted by Crippen LogP contribution is -2.32. The van der Waals surface area contributed by atoms with Crippen LogP contribution in [0.4, 0.5) is 5.69 Å². The fourth-order valence-electron chi connectivity index (χ4n) is 3.28. The summed E-state index contributed by atoms with van der Waals surface area (Å²) in [6.07, 6.45) is 1.55. The molecule has 8 heteroatoms. The molecule has 0 aliphatic carbocycles. The summed E-state index contributed by atoms with van der Waals surface area (Å²) in [6, 6.07) is 13.6. The van der Waals surface area contributed by atoms with Gasteiger partial charge in [-0.3, -0.25) is 10.2 Å². The highest BCUT2D eigenvalue weighted by molar-refractivity contribution is 7.80. The first-order chi connectivity index (χ1) is 14.1. The van der Waals surface area contributed by atoms with Crippen LogP contribution in [-0.4, -0.2) is 30.1 Å². The number of carbonyl (C=O) groups excluding carboxylic acids is 1. The van der Waals surface area contributed by atoms with Crippen LogP contribution in [0, 0.1) is 0 Å². The summed E-state index contributed by atoms with van der Waals surface area (Å²) >= 11 is 5.30. The molecule has 7 nitrogen and oxygen atoms in total. The van der Waals surface area contributed by atoms with Crippen molar-refractivity contribution in [2.45, 2.75) is 26.3 Å². The largest absolute Gasteiger partial charge is 0.454 e. The number of benzene rings is 2. The number of hydrazone groups is 1. The van der Waals surface area contributed by atoms with Crippen LogP contribution in [0.15, 0.2) is 47.6 Å². The lowest BCUT2D eigenvalue weighted by molar-refractivity contribution is -0.117. The number of rotatable bonds is 5. The van der Waals surface area contributed by atoms with E-state index >= 15 is 0 Å². The van der Waals surface area contributed by atoms with Gasteiger partial charge in [-0.05, 0) is 61.0 Å². The SMILES string of the molecule is C/C(=N/NC(=S)NCc1ccc2c(c1)OCO2)c1ccc(N2CCCC2=O)cc1. The third-order valence-electron chi connectivity index (χ3n) is 4.89. The summed E-state index contributed by atoms with van der Waals surface area (Å²) in [5.41, 5.74) is 6.60. The topological polar surface area (TPSA) is 75.2 Å². The van der Waals surface area contributed by atoms with Crippen molar-refractivity contribution in [2.24, 2.45) is 5.10 Å². The molecule has 0 bridgehead atoms. The molecule has 2 aromatic rings. The molecule has 1 amide bonds. The van der Waals surface area contributed by atoms with E-state index in [1.807, 2.05) is 54.3 Å². The minimum Gasteiger partial charge on any atom is -0.454 e. The molecule has 0 unspecified atom stereocenters. The standard InChI is InChI=1S/C21H22N4O3S/c1-14(16-5-7-17(8-6-16)25-10-2-3-20(25)26)23-24-21(29)22-12-15-4-9-18-19(11-15)28-13-27-18/h4-9,11H,2-3,10,12-13H2,1H3,(H2,22,24,29)/b23-14-. The van der Waals surface area contributed by atoms with Crippen molar-refractivity contribution in [2.75, 3.05) is 18.2 Å². The third kappa shape index (κ3) is 4.48. The molecular weight excluding hydrogens is 388 g/mol. The fourth-order valence-corrected chi connectivity index (χ4v) is 3.39. The molecule has 1 saturated heterocycles. The number of hydrogen-bond acceptors (Lipinski definition) is 5. The molecule has 1 fully saturated rings. The Kier molecular flexibility index (Phi) is 5.62. The van der Waals surface area contributed by atoms with Crippen molar-refractivity contribution in [3.05, 3.63) is 53.6 Å². The zero-order valence-corrected chi connectivity index (χ0v) is 16.9. The van der Waals surface area contributed by atoms with E-state index in [2.05, 4.69) is 15.8 Å². The summed E-state index contributed by atoms with van der Waals surface area (Å²) in [6.45, 7) is 3.50. The summed E-state index contributed by atoms with van der Waals surface area (Å²) in [4.78, 5) is 13.7. The van der Waals surface area contributed by atoms with Gasteiger partial charge in [0.05, 0.1) is 5.71 Å². The van der Waals surface area contributed by atoms with Gasteiger partial charge in [-0.15, -0.1) is 0 Å². The Labute approximate surface area is 174 Å². The van der Waals surface area contributed by atoms with E-state index in [-0.39, 0.29) is 12.7 Å². The van der Waals surface area contributed by atoms with Crippen LogP contribution >= 0.6 is 12.2 Å². The Hall–Kier alpha value is -3.13. The minimum atomic E-state index is 0.184. The lowest BCUT2D eigenvalue weighted by atomic mass is 10.1. The molecular formula is C21H22N4O3S. The van der Waals surface area contributed by atoms with Crippen molar-refractivity contribution in [3.63, 3.8) is 0 Å². The first-order valence-electron chi connectivity index (χ1n) is 9.47. The van der Waals surface area contributed by atoms with Crippen molar-refractivity contribution in [1.82, 2.24) is 10.7 Å². The molecule has 2 aliphatic rings. The molecule has 150 valence electrons. The predicted octanol–water partition coefficient (Wildman–Crippen LogP) is 2.93. The van der Waals surface area contributed by atoms with Crippen molar-refractivity contribution >= 4 is 34.6 Å². The van der Waals surface area contributed by atoms with Crippen molar-refractivity contribution in [3.8, 4) is 11.5 Å². The minimum absolute atomic E-state index is 0.184. The van der Waals surface area contributed by atoms with Gasteiger partial charge in [-0.25, -0.2) is 0 Å². The van der Waals surface area contributed by atoms with Gasteiger partial charge in [-0.1, -0.05) is 18.2 Å². The highest BCUT2D eigenvalue weighted by atomic mass is 32.1. The molecule has 2 heterocycles. The van der Waals surface area contributed by atoms with Crippen LogP contribution < -0.4 is 25.1 Å². The molecule has 0 saturated carbocycles. The van der Waals surface area contributed by atoms with E-state index in [0.29, 0.717) is 18.1 Å².